The van der Waals surface area contributed by atoms with E-state index in [0.29, 0.717) is 11.1 Å². The van der Waals surface area contributed by atoms with Gasteiger partial charge in [0.05, 0.1) is 0 Å². The van der Waals surface area contributed by atoms with Crippen molar-refractivity contribution in [3.63, 3.8) is 0 Å². The van der Waals surface area contributed by atoms with Crippen LogP contribution in [0.4, 0.5) is 11.4 Å². The lowest BCUT2D eigenvalue weighted by Gasteiger charge is -2.19. The molecule has 4 aromatic rings. The van der Waals surface area contributed by atoms with Gasteiger partial charge >= 0.3 is 0 Å². The summed E-state index contributed by atoms with van der Waals surface area (Å²) in [5.41, 5.74) is 5.21. The molecule has 0 saturated carbocycles. The molecule has 4 heteroatoms. The zero-order chi connectivity index (χ0) is 26.1. The van der Waals surface area contributed by atoms with Crippen molar-refractivity contribution in [1.82, 2.24) is 0 Å². The molecule has 0 heterocycles. The monoisotopic (exact) mass is 478 g/mol. The van der Waals surface area contributed by atoms with E-state index in [1.807, 2.05) is 72.8 Å². The van der Waals surface area contributed by atoms with E-state index >= 15 is 0 Å². The molecule has 0 fully saturated rings. The van der Waals surface area contributed by atoms with Crippen molar-refractivity contribution in [3.8, 4) is 0 Å². The fourth-order valence-electron chi connectivity index (χ4n) is 4.04. The van der Waals surface area contributed by atoms with Crippen LogP contribution >= 0.6 is 0 Å². The van der Waals surface area contributed by atoms with Crippen LogP contribution in [0.3, 0.4) is 0 Å². The van der Waals surface area contributed by atoms with Gasteiger partial charge in [-0.25, -0.2) is 0 Å². The van der Waals surface area contributed by atoms with Crippen LogP contribution in [-0.4, -0.2) is 11.8 Å². The summed E-state index contributed by atoms with van der Waals surface area (Å²) < 4.78 is 0. The number of hydrogen-bond acceptors (Lipinski definition) is 2. The molecule has 4 aromatic carbocycles. The highest BCUT2D eigenvalue weighted by Crippen LogP contribution is 2.26. The Bertz CT molecular complexity index is 1290. The number of amides is 2. The number of carbonyl (C=O) groups is 2. The van der Waals surface area contributed by atoms with Gasteiger partial charge in [0, 0.05) is 22.5 Å². The number of carbonyl (C=O) groups excluding carboxylic acids is 2. The largest absolute Gasteiger partial charge is 0.322 e. The zero-order valence-electron chi connectivity index (χ0n) is 21.9. The minimum Gasteiger partial charge on any atom is -0.322 e. The Morgan fingerprint density at radius 1 is 0.500 bits per heavy atom. The molecule has 0 aliphatic carbocycles. The van der Waals surface area contributed by atoms with Crippen LogP contribution in [0.5, 0.6) is 0 Å². The van der Waals surface area contributed by atoms with Gasteiger partial charge in [0.1, 0.15) is 0 Å². The maximum absolute atomic E-state index is 12.8. The number of benzene rings is 4. The van der Waals surface area contributed by atoms with E-state index in [1.165, 1.54) is 11.1 Å². The molecule has 0 aliphatic rings. The first-order valence-electron chi connectivity index (χ1n) is 12.3. The lowest BCUT2D eigenvalue weighted by Crippen LogP contribution is -2.14. The van der Waals surface area contributed by atoms with Crippen LogP contribution in [0.1, 0.15) is 73.4 Å². The highest BCUT2D eigenvalue weighted by atomic mass is 16.2. The molecular weight excluding hydrogens is 444 g/mol. The predicted octanol–water partition coefficient (Wildman–Crippen LogP) is 7.94. The molecule has 4 rings (SSSR count). The molecule has 0 atom stereocenters. The molecule has 0 aliphatic heterocycles. The molecule has 0 bridgehead atoms. The van der Waals surface area contributed by atoms with Crippen LogP contribution < -0.4 is 10.6 Å². The number of hydrogen-bond donors (Lipinski definition) is 2. The van der Waals surface area contributed by atoms with Gasteiger partial charge in [-0.05, 0) is 81.3 Å². The summed E-state index contributed by atoms with van der Waals surface area (Å²) in [5, 5.41) is 7.74. The van der Waals surface area contributed by atoms with Crippen LogP contribution in [-0.2, 0) is 10.8 Å². The van der Waals surface area contributed by atoms with Gasteiger partial charge in [-0.1, -0.05) is 77.9 Å². The molecule has 36 heavy (non-hydrogen) atoms. The van der Waals surface area contributed by atoms with Gasteiger partial charge < -0.3 is 10.6 Å². The van der Waals surface area contributed by atoms with E-state index in [-0.39, 0.29) is 22.6 Å². The summed E-state index contributed by atoms with van der Waals surface area (Å²) in [6.45, 7) is 13.0. The Labute approximate surface area is 213 Å². The Hall–Kier alpha value is -3.92. The molecule has 0 unspecified atom stereocenters. The van der Waals surface area contributed by atoms with E-state index < -0.39 is 0 Å². The third-order valence-electron chi connectivity index (χ3n) is 6.38. The van der Waals surface area contributed by atoms with Gasteiger partial charge in [0.15, 0.2) is 0 Å². The Balaban J connectivity index is 1.46. The topological polar surface area (TPSA) is 58.2 Å². The zero-order valence-corrected chi connectivity index (χ0v) is 21.9. The minimum atomic E-state index is -0.166. The molecule has 0 radical (unpaired) electrons. The molecule has 0 saturated heterocycles. The Morgan fingerprint density at radius 2 is 0.833 bits per heavy atom. The first-order valence-corrected chi connectivity index (χ1v) is 12.3. The maximum Gasteiger partial charge on any atom is 0.255 e. The van der Waals surface area contributed by atoms with Crippen molar-refractivity contribution in [2.45, 2.75) is 52.4 Å². The second-order valence-electron chi connectivity index (χ2n) is 11.3. The second-order valence-corrected chi connectivity index (χ2v) is 11.3. The molecule has 184 valence electrons. The Morgan fingerprint density at radius 3 is 1.14 bits per heavy atom. The van der Waals surface area contributed by atoms with E-state index in [4.69, 9.17) is 0 Å². The number of fused-ring (bicyclic) bond motifs is 1. The quantitative estimate of drug-likeness (QED) is 0.313. The molecule has 2 amide bonds. The third kappa shape index (κ3) is 5.83. The van der Waals surface area contributed by atoms with Gasteiger partial charge in [-0.2, -0.15) is 0 Å². The second kappa shape index (κ2) is 9.62. The lowest BCUT2D eigenvalue weighted by atomic mass is 9.87. The highest BCUT2D eigenvalue weighted by Gasteiger charge is 2.15. The molecule has 4 nitrogen and oxygen atoms in total. The van der Waals surface area contributed by atoms with Crippen molar-refractivity contribution in [3.05, 3.63) is 107 Å². The van der Waals surface area contributed by atoms with Gasteiger partial charge in [0.2, 0.25) is 0 Å². The van der Waals surface area contributed by atoms with Crippen LogP contribution in [0.25, 0.3) is 10.8 Å². The summed E-state index contributed by atoms with van der Waals surface area (Å²) in [6, 6.07) is 26.9. The fraction of sp³-hybridized carbons (Fsp3) is 0.250. The van der Waals surface area contributed by atoms with Gasteiger partial charge in [-0.15, -0.1) is 0 Å². The normalized spacial score (nSPS) is 11.8. The van der Waals surface area contributed by atoms with Crippen molar-refractivity contribution in [1.29, 1.82) is 0 Å². The van der Waals surface area contributed by atoms with Crippen molar-refractivity contribution in [2.75, 3.05) is 10.6 Å². The number of nitrogens with one attached hydrogen (secondary N) is 2. The number of rotatable bonds is 4. The lowest BCUT2D eigenvalue weighted by molar-refractivity contribution is 0.101. The molecule has 0 aromatic heterocycles. The minimum absolute atomic E-state index is 0.0630. The van der Waals surface area contributed by atoms with E-state index in [0.717, 1.165) is 22.1 Å². The SMILES string of the molecule is CC(C)(C)c1ccc(NC(=O)c2ccc3cc(C(=O)Nc4ccc(C(C)(C)C)cc4)ccc3c2)cc1. The standard InChI is InChI=1S/C32H34N2O2/c1-31(2,3)25-11-15-27(16-12-25)33-29(35)23-9-7-22-20-24(10-8-21(22)19-23)30(36)34-28-17-13-26(14-18-28)32(4,5)6/h7-20H,1-6H3,(H,33,35)(H,34,36). The smallest absolute Gasteiger partial charge is 0.255 e. The molecular formula is C32H34N2O2. The summed E-state index contributed by atoms with van der Waals surface area (Å²) in [6.07, 6.45) is 0. The van der Waals surface area contributed by atoms with E-state index in [2.05, 4.69) is 52.2 Å². The fourth-order valence-corrected chi connectivity index (χ4v) is 4.04. The van der Waals surface area contributed by atoms with E-state index in [1.54, 1.807) is 12.1 Å². The first-order chi connectivity index (χ1) is 16.9. The van der Waals surface area contributed by atoms with Crippen LogP contribution in [0, 0.1) is 0 Å². The van der Waals surface area contributed by atoms with Crippen molar-refractivity contribution >= 4 is 34.0 Å². The average molecular weight is 479 g/mol. The molecule has 2 N–H and O–H groups in total. The van der Waals surface area contributed by atoms with Crippen LogP contribution in [0.2, 0.25) is 0 Å². The van der Waals surface area contributed by atoms with Crippen molar-refractivity contribution in [2.24, 2.45) is 0 Å². The number of anilines is 2. The summed E-state index contributed by atoms with van der Waals surface area (Å²) in [7, 11) is 0. The average Bonchev–Trinajstić information content (AvgIpc) is 2.83. The van der Waals surface area contributed by atoms with Gasteiger partial charge in [-0.3, -0.25) is 9.59 Å². The van der Waals surface area contributed by atoms with Crippen molar-refractivity contribution < 1.29 is 9.59 Å². The molecule has 0 spiro atoms. The predicted molar refractivity (Wildman–Crippen MR) is 150 cm³/mol. The first kappa shape index (κ1) is 25.2. The van der Waals surface area contributed by atoms with Crippen LogP contribution in [0.15, 0.2) is 84.9 Å². The van der Waals surface area contributed by atoms with E-state index in [9.17, 15) is 9.59 Å². The maximum atomic E-state index is 12.8. The third-order valence-corrected chi connectivity index (χ3v) is 6.38. The van der Waals surface area contributed by atoms with Gasteiger partial charge in [0.25, 0.3) is 11.8 Å². The highest BCUT2D eigenvalue weighted by molar-refractivity contribution is 6.09. The summed E-state index contributed by atoms with van der Waals surface area (Å²) >= 11 is 0. The summed E-state index contributed by atoms with van der Waals surface area (Å²) in [4.78, 5) is 25.7. The summed E-state index contributed by atoms with van der Waals surface area (Å²) in [5.74, 6) is -0.332. The Kier molecular flexibility index (Phi) is 6.73.